The fourth-order valence-corrected chi connectivity index (χ4v) is 1.04. The zero-order valence-electron chi connectivity index (χ0n) is 7.76. The molecule has 0 N–H and O–H groups in total. The summed E-state index contributed by atoms with van der Waals surface area (Å²) in [6.45, 7) is 5.14. The normalized spacial score (nSPS) is 10.9. The van der Waals surface area contributed by atoms with Crippen LogP contribution in [-0.2, 0) is 20.4 Å². The maximum absolute atomic E-state index is 5.33. The molecule has 0 amide bonds. The van der Waals surface area contributed by atoms with Gasteiger partial charge >= 0.3 is 0 Å². The van der Waals surface area contributed by atoms with E-state index in [0.717, 1.165) is 26.4 Å². The predicted octanol–water partition coefficient (Wildman–Crippen LogP) is 0.917. The lowest BCUT2D eigenvalue weighted by Gasteiger charge is -2.02. The average molecular weight is 179 g/mol. The first-order valence-electron chi connectivity index (χ1n) is 3.97. The highest BCUT2D eigenvalue weighted by atomic mass is 32.2. The zero-order chi connectivity index (χ0) is 8.53. The van der Waals surface area contributed by atoms with Crippen LogP contribution in [0, 0.1) is 0 Å². The number of rotatable bonds is 7. The summed E-state index contributed by atoms with van der Waals surface area (Å²) in [5.41, 5.74) is 0. The Balaban J connectivity index is 2.80. The van der Waals surface area contributed by atoms with Crippen LogP contribution in [0.5, 0.6) is 0 Å². The third-order valence-corrected chi connectivity index (χ3v) is 2.20. The highest BCUT2D eigenvalue weighted by Crippen LogP contribution is 1.85. The van der Waals surface area contributed by atoms with E-state index in [-0.39, 0.29) is 0 Å². The molecular weight excluding hydrogens is 160 g/mol. The minimum Gasteiger partial charge on any atom is -0.379 e. The van der Waals surface area contributed by atoms with Crippen molar-refractivity contribution in [3.05, 3.63) is 0 Å². The summed E-state index contributed by atoms with van der Waals surface area (Å²) in [6.07, 6.45) is 4.46. The van der Waals surface area contributed by atoms with E-state index in [1.807, 2.05) is 6.92 Å². The molecule has 0 radical (unpaired) electrons. The molecule has 0 aromatic heterocycles. The molecule has 2 nitrogen and oxygen atoms in total. The van der Waals surface area contributed by atoms with E-state index in [4.69, 9.17) is 9.47 Å². The SMILES string of the molecule is CCOCCOCC[S+](C)C. The van der Waals surface area contributed by atoms with E-state index in [1.54, 1.807) is 0 Å². The van der Waals surface area contributed by atoms with Gasteiger partial charge in [-0.15, -0.1) is 0 Å². The largest absolute Gasteiger partial charge is 0.379 e. The zero-order valence-corrected chi connectivity index (χ0v) is 8.58. The lowest BCUT2D eigenvalue weighted by Crippen LogP contribution is -2.12. The first-order valence-corrected chi connectivity index (χ1v) is 6.18. The van der Waals surface area contributed by atoms with E-state index < -0.39 is 0 Å². The molecule has 0 atom stereocenters. The van der Waals surface area contributed by atoms with Crippen LogP contribution in [0.1, 0.15) is 6.92 Å². The molecule has 0 aromatic rings. The second-order valence-corrected chi connectivity index (χ2v) is 4.88. The maximum Gasteiger partial charge on any atom is 0.130 e. The first-order chi connectivity index (χ1) is 5.27. The molecule has 0 rings (SSSR count). The van der Waals surface area contributed by atoms with Crippen molar-refractivity contribution in [2.45, 2.75) is 6.92 Å². The number of hydrogen-bond donors (Lipinski definition) is 0. The minimum atomic E-state index is 0.511. The van der Waals surface area contributed by atoms with Gasteiger partial charge in [0.25, 0.3) is 0 Å². The van der Waals surface area contributed by atoms with Crippen LogP contribution in [0.15, 0.2) is 0 Å². The third kappa shape index (κ3) is 10.3. The van der Waals surface area contributed by atoms with Crippen LogP contribution in [0.3, 0.4) is 0 Å². The molecule has 0 unspecified atom stereocenters. The number of ether oxygens (including phenoxy) is 2. The Kier molecular flexibility index (Phi) is 8.57. The lowest BCUT2D eigenvalue weighted by atomic mass is 10.7. The monoisotopic (exact) mass is 179 g/mol. The van der Waals surface area contributed by atoms with Gasteiger partial charge < -0.3 is 9.47 Å². The molecule has 0 saturated carbocycles. The van der Waals surface area contributed by atoms with Crippen molar-refractivity contribution in [1.82, 2.24) is 0 Å². The van der Waals surface area contributed by atoms with Crippen molar-refractivity contribution in [3.63, 3.8) is 0 Å². The molecule has 0 saturated heterocycles. The summed E-state index contributed by atoms with van der Waals surface area (Å²) < 4.78 is 10.4. The fraction of sp³-hybridized carbons (Fsp3) is 1.00. The smallest absolute Gasteiger partial charge is 0.130 e. The quantitative estimate of drug-likeness (QED) is 0.427. The molecular formula is C8H19O2S+. The lowest BCUT2D eigenvalue weighted by molar-refractivity contribution is 0.0593. The van der Waals surface area contributed by atoms with E-state index >= 15 is 0 Å². The van der Waals surface area contributed by atoms with E-state index in [2.05, 4.69) is 12.5 Å². The molecule has 0 aliphatic rings. The summed E-state index contributed by atoms with van der Waals surface area (Å²) in [5, 5.41) is 0. The Morgan fingerprint density at radius 1 is 1.00 bits per heavy atom. The van der Waals surface area contributed by atoms with Gasteiger partial charge in [-0.05, 0) is 17.8 Å². The summed E-state index contributed by atoms with van der Waals surface area (Å²) in [6, 6.07) is 0. The van der Waals surface area contributed by atoms with Crippen molar-refractivity contribution < 1.29 is 9.47 Å². The van der Waals surface area contributed by atoms with Gasteiger partial charge in [0.05, 0.1) is 32.3 Å². The molecule has 0 fully saturated rings. The summed E-state index contributed by atoms with van der Waals surface area (Å²) in [7, 11) is 0.511. The van der Waals surface area contributed by atoms with Crippen molar-refractivity contribution in [2.24, 2.45) is 0 Å². The molecule has 3 heteroatoms. The second kappa shape index (κ2) is 8.37. The van der Waals surface area contributed by atoms with Crippen LogP contribution in [0.2, 0.25) is 0 Å². The Hall–Kier alpha value is 0.270. The third-order valence-electron chi connectivity index (χ3n) is 1.21. The van der Waals surface area contributed by atoms with Gasteiger partial charge in [0.15, 0.2) is 0 Å². The first kappa shape index (κ1) is 11.3. The van der Waals surface area contributed by atoms with Crippen molar-refractivity contribution in [1.29, 1.82) is 0 Å². The molecule has 0 aliphatic heterocycles. The average Bonchev–Trinajstić information content (AvgIpc) is 1.96. The van der Waals surface area contributed by atoms with Crippen molar-refractivity contribution in [2.75, 3.05) is 44.7 Å². The second-order valence-electron chi connectivity index (χ2n) is 2.50. The van der Waals surface area contributed by atoms with Crippen LogP contribution >= 0.6 is 0 Å². The van der Waals surface area contributed by atoms with Crippen LogP contribution < -0.4 is 0 Å². The van der Waals surface area contributed by atoms with Gasteiger partial charge in [-0.25, -0.2) is 0 Å². The minimum absolute atomic E-state index is 0.511. The molecule has 0 aliphatic carbocycles. The number of hydrogen-bond acceptors (Lipinski definition) is 2. The Bertz CT molecular complexity index is 76.5. The highest BCUT2D eigenvalue weighted by molar-refractivity contribution is 7.95. The van der Waals surface area contributed by atoms with Gasteiger partial charge in [0, 0.05) is 6.61 Å². The van der Waals surface area contributed by atoms with Gasteiger partial charge in [-0.2, -0.15) is 0 Å². The molecule has 0 spiro atoms. The van der Waals surface area contributed by atoms with Crippen LogP contribution in [0.4, 0.5) is 0 Å². The van der Waals surface area contributed by atoms with Crippen LogP contribution in [-0.4, -0.2) is 44.7 Å². The Morgan fingerprint density at radius 2 is 1.64 bits per heavy atom. The van der Waals surface area contributed by atoms with E-state index in [1.165, 1.54) is 5.75 Å². The summed E-state index contributed by atoms with van der Waals surface area (Å²) >= 11 is 0. The topological polar surface area (TPSA) is 18.5 Å². The van der Waals surface area contributed by atoms with E-state index in [0.29, 0.717) is 10.9 Å². The molecule has 11 heavy (non-hydrogen) atoms. The summed E-state index contributed by atoms with van der Waals surface area (Å²) in [5.74, 6) is 1.17. The highest BCUT2D eigenvalue weighted by Gasteiger charge is 2.00. The van der Waals surface area contributed by atoms with Gasteiger partial charge in [-0.1, -0.05) is 0 Å². The van der Waals surface area contributed by atoms with Crippen molar-refractivity contribution in [3.8, 4) is 0 Å². The fourth-order valence-electron chi connectivity index (χ4n) is 0.590. The van der Waals surface area contributed by atoms with Crippen molar-refractivity contribution >= 4 is 10.9 Å². The summed E-state index contributed by atoms with van der Waals surface area (Å²) in [4.78, 5) is 0. The van der Waals surface area contributed by atoms with E-state index in [9.17, 15) is 0 Å². The van der Waals surface area contributed by atoms with Gasteiger partial charge in [-0.3, -0.25) is 0 Å². The van der Waals surface area contributed by atoms with Gasteiger partial charge in [0.2, 0.25) is 0 Å². The molecule has 0 bridgehead atoms. The van der Waals surface area contributed by atoms with Gasteiger partial charge in [0.1, 0.15) is 5.75 Å². The maximum atomic E-state index is 5.33. The molecule has 0 heterocycles. The Morgan fingerprint density at radius 3 is 2.18 bits per heavy atom. The predicted molar refractivity (Wildman–Crippen MR) is 51.4 cm³/mol. The standard InChI is InChI=1S/C8H19O2S/c1-4-9-5-6-10-7-8-11(2)3/h4-8H2,1-3H3/q+1. The van der Waals surface area contributed by atoms with Crippen LogP contribution in [0.25, 0.3) is 0 Å². The molecule has 68 valence electrons. The molecule has 0 aromatic carbocycles. The Labute approximate surface area is 72.6 Å².